The van der Waals surface area contributed by atoms with Crippen LogP contribution in [0, 0.1) is 10.1 Å². The Bertz CT molecular complexity index is 555. The van der Waals surface area contributed by atoms with E-state index in [0.29, 0.717) is 5.69 Å². The number of hydrogen-bond donors (Lipinski definition) is 1. The van der Waals surface area contributed by atoms with Crippen molar-refractivity contribution in [3.63, 3.8) is 0 Å². The van der Waals surface area contributed by atoms with Gasteiger partial charge in [-0.3, -0.25) is 10.1 Å². The first-order valence-corrected chi connectivity index (χ1v) is 5.37. The molecule has 5 heteroatoms. The molecule has 0 bridgehead atoms. The number of anilines is 1. The van der Waals surface area contributed by atoms with Crippen molar-refractivity contribution in [3.8, 4) is 5.75 Å². The number of ether oxygens (including phenoxy) is 1. The van der Waals surface area contributed by atoms with Crippen molar-refractivity contribution in [2.75, 3.05) is 5.73 Å². The van der Waals surface area contributed by atoms with Gasteiger partial charge in [0, 0.05) is 17.8 Å². The maximum absolute atomic E-state index is 10.8. The Morgan fingerprint density at radius 2 is 1.89 bits per heavy atom. The molecule has 0 amide bonds. The van der Waals surface area contributed by atoms with E-state index in [0.717, 1.165) is 5.56 Å². The van der Waals surface area contributed by atoms with Gasteiger partial charge in [0.15, 0.2) is 5.75 Å². The Labute approximate surface area is 104 Å². The van der Waals surface area contributed by atoms with E-state index in [4.69, 9.17) is 10.5 Å². The molecule has 0 fully saturated rings. The molecular weight excluding hydrogens is 232 g/mol. The lowest BCUT2D eigenvalue weighted by Gasteiger charge is -2.07. The van der Waals surface area contributed by atoms with Gasteiger partial charge in [0.05, 0.1) is 4.92 Å². The zero-order valence-corrected chi connectivity index (χ0v) is 9.58. The van der Waals surface area contributed by atoms with Crippen molar-refractivity contribution in [3.05, 3.63) is 64.2 Å². The van der Waals surface area contributed by atoms with Gasteiger partial charge in [-0.15, -0.1) is 0 Å². The fourth-order valence-corrected chi connectivity index (χ4v) is 1.53. The fourth-order valence-electron chi connectivity index (χ4n) is 1.53. The third kappa shape index (κ3) is 2.76. The molecular formula is C13H12N2O3. The Kier molecular flexibility index (Phi) is 3.43. The third-order valence-electron chi connectivity index (χ3n) is 2.42. The second-order valence-corrected chi connectivity index (χ2v) is 3.76. The highest BCUT2D eigenvalue weighted by molar-refractivity contribution is 5.55. The fraction of sp³-hybridized carbons (Fsp3) is 0.0769. The Morgan fingerprint density at radius 1 is 1.17 bits per heavy atom. The minimum absolute atomic E-state index is 0.0832. The highest BCUT2D eigenvalue weighted by Gasteiger charge is 2.14. The van der Waals surface area contributed by atoms with Crippen molar-refractivity contribution in [1.29, 1.82) is 0 Å². The Morgan fingerprint density at radius 3 is 2.56 bits per heavy atom. The maximum Gasteiger partial charge on any atom is 0.311 e. The van der Waals surface area contributed by atoms with Gasteiger partial charge >= 0.3 is 5.69 Å². The molecule has 5 nitrogen and oxygen atoms in total. The van der Waals surface area contributed by atoms with Crippen LogP contribution in [0.25, 0.3) is 0 Å². The minimum Gasteiger partial charge on any atom is -0.482 e. The van der Waals surface area contributed by atoms with Crippen LogP contribution in [0.4, 0.5) is 11.4 Å². The normalized spacial score (nSPS) is 10.0. The average Bonchev–Trinajstić information content (AvgIpc) is 2.37. The van der Waals surface area contributed by atoms with Crippen LogP contribution < -0.4 is 10.5 Å². The van der Waals surface area contributed by atoms with E-state index in [-0.39, 0.29) is 18.0 Å². The van der Waals surface area contributed by atoms with Crippen LogP contribution in [-0.2, 0) is 6.61 Å². The van der Waals surface area contributed by atoms with E-state index in [1.165, 1.54) is 18.2 Å². The van der Waals surface area contributed by atoms with Crippen LogP contribution in [0.2, 0.25) is 0 Å². The van der Waals surface area contributed by atoms with Crippen LogP contribution in [0.1, 0.15) is 5.56 Å². The smallest absolute Gasteiger partial charge is 0.311 e. The first kappa shape index (κ1) is 11.9. The van der Waals surface area contributed by atoms with Crippen LogP contribution >= 0.6 is 0 Å². The molecule has 0 heterocycles. The van der Waals surface area contributed by atoms with E-state index < -0.39 is 4.92 Å². The molecule has 0 aliphatic heterocycles. The van der Waals surface area contributed by atoms with Gasteiger partial charge in [-0.25, -0.2) is 0 Å². The molecule has 0 atom stereocenters. The zero-order chi connectivity index (χ0) is 13.0. The number of nitrogen functional groups attached to an aromatic ring is 1. The van der Waals surface area contributed by atoms with Gasteiger partial charge in [-0.1, -0.05) is 30.3 Å². The van der Waals surface area contributed by atoms with Gasteiger partial charge in [-0.05, 0) is 11.6 Å². The highest BCUT2D eigenvalue weighted by atomic mass is 16.6. The number of hydrogen-bond acceptors (Lipinski definition) is 4. The van der Waals surface area contributed by atoms with Gasteiger partial charge < -0.3 is 10.5 Å². The van der Waals surface area contributed by atoms with Crippen LogP contribution in [0.3, 0.4) is 0 Å². The van der Waals surface area contributed by atoms with E-state index in [1.807, 2.05) is 30.3 Å². The number of nitrogens with two attached hydrogens (primary N) is 1. The number of nitrogens with zero attached hydrogens (tertiary/aromatic N) is 1. The summed E-state index contributed by atoms with van der Waals surface area (Å²) in [4.78, 5) is 10.3. The van der Waals surface area contributed by atoms with Crippen molar-refractivity contribution in [2.24, 2.45) is 0 Å². The molecule has 18 heavy (non-hydrogen) atoms. The predicted molar refractivity (Wildman–Crippen MR) is 68.3 cm³/mol. The Hall–Kier alpha value is -2.56. The van der Waals surface area contributed by atoms with Crippen molar-refractivity contribution >= 4 is 11.4 Å². The highest BCUT2D eigenvalue weighted by Crippen LogP contribution is 2.29. The Balaban J connectivity index is 2.18. The van der Waals surface area contributed by atoms with Crippen LogP contribution in [0.15, 0.2) is 48.5 Å². The van der Waals surface area contributed by atoms with Gasteiger partial charge in [0.25, 0.3) is 0 Å². The molecule has 0 saturated heterocycles. The van der Waals surface area contributed by atoms with Crippen molar-refractivity contribution in [2.45, 2.75) is 6.61 Å². The molecule has 2 rings (SSSR count). The summed E-state index contributed by atoms with van der Waals surface area (Å²) in [6.07, 6.45) is 0. The van der Waals surface area contributed by atoms with E-state index in [9.17, 15) is 10.1 Å². The van der Waals surface area contributed by atoms with E-state index in [2.05, 4.69) is 0 Å². The molecule has 2 aromatic rings. The summed E-state index contributed by atoms with van der Waals surface area (Å²) >= 11 is 0. The molecule has 0 aliphatic carbocycles. The number of nitro groups is 1. The number of rotatable bonds is 4. The SMILES string of the molecule is Nc1ccc([N+](=O)[O-])c(OCc2ccccc2)c1. The maximum atomic E-state index is 10.8. The molecule has 2 aromatic carbocycles. The predicted octanol–water partition coefficient (Wildman–Crippen LogP) is 2.76. The summed E-state index contributed by atoms with van der Waals surface area (Å²) < 4.78 is 5.44. The number of nitro benzene ring substituents is 1. The zero-order valence-electron chi connectivity index (χ0n) is 9.58. The van der Waals surface area contributed by atoms with E-state index >= 15 is 0 Å². The molecule has 2 N–H and O–H groups in total. The molecule has 0 unspecified atom stereocenters. The molecule has 0 aromatic heterocycles. The summed E-state index contributed by atoms with van der Waals surface area (Å²) in [5.41, 5.74) is 6.88. The van der Waals surface area contributed by atoms with Crippen molar-refractivity contribution in [1.82, 2.24) is 0 Å². The molecule has 0 spiro atoms. The summed E-state index contributed by atoms with van der Waals surface area (Å²) in [5, 5.41) is 10.8. The summed E-state index contributed by atoms with van der Waals surface area (Å²) in [6, 6.07) is 13.7. The quantitative estimate of drug-likeness (QED) is 0.509. The summed E-state index contributed by atoms with van der Waals surface area (Å²) in [6.45, 7) is 0.269. The lowest BCUT2D eigenvalue weighted by Crippen LogP contribution is -2.00. The summed E-state index contributed by atoms with van der Waals surface area (Å²) in [7, 11) is 0. The topological polar surface area (TPSA) is 78.4 Å². The van der Waals surface area contributed by atoms with Gasteiger partial charge in [0.2, 0.25) is 0 Å². The van der Waals surface area contributed by atoms with E-state index in [1.54, 1.807) is 0 Å². The minimum atomic E-state index is -0.486. The molecule has 0 aliphatic rings. The molecule has 0 saturated carbocycles. The third-order valence-corrected chi connectivity index (χ3v) is 2.42. The van der Waals surface area contributed by atoms with Gasteiger partial charge in [-0.2, -0.15) is 0 Å². The molecule has 92 valence electrons. The summed E-state index contributed by atoms with van der Waals surface area (Å²) in [5.74, 6) is 0.184. The number of benzene rings is 2. The van der Waals surface area contributed by atoms with Crippen LogP contribution in [-0.4, -0.2) is 4.92 Å². The molecule has 0 radical (unpaired) electrons. The van der Waals surface area contributed by atoms with Crippen LogP contribution in [0.5, 0.6) is 5.75 Å². The van der Waals surface area contributed by atoms with Crippen molar-refractivity contribution < 1.29 is 9.66 Å². The first-order valence-electron chi connectivity index (χ1n) is 5.37. The standard InChI is InChI=1S/C13H12N2O3/c14-11-6-7-12(15(16)17)13(8-11)18-9-10-4-2-1-3-5-10/h1-8H,9,14H2. The lowest BCUT2D eigenvalue weighted by molar-refractivity contribution is -0.385. The van der Waals surface area contributed by atoms with Gasteiger partial charge in [0.1, 0.15) is 6.61 Å². The first-order chi connectivity index (χ1) is 8.66. The second-order valence-electron chi connectivity index (χ2n) is 3.76. The average molecular weight is 244 g/mol. The largest absolute Gasteiger partial charge is 0.482 e. The second kappa shape index (κ2) is 5.18. The monoisotopic (exact) mass is 244 g/mol. The lowest BCUT2D eigenvalue weighted by atomic mass is 10.2.